The van der Waals surface area contributed by atoms with Gasteiger partial charge in [0.25, 0.3) is 11.8 Å². The van der Waals surface area contributed by atoms with Crippen molar-refractivity contribution in [2.24, 2.45) is 0 Å². The number of fused-ring (bicyclic) bond motifs is 1. The van der Waals surface area contributed by atoms with Crippen molar-refractivity contribution in [2.45, 2.75) is 13.8 Å². The van der Waals surface area contributed by atoms with Gasteiger partial charge in [0.2, 0.25) is 0 Å². The molecule has 0 fully saturated rings. The Kier molecular flexibility index (Phi) is 6.01. The molecule has 3 aromatic rings. The van der Waals surface area contributed by atoms with Crippen LogP contribution in [0.2, 0.25) is 0 Å². The van der Waals surface area contributed by atoms with Gasteiger partial charge in [0.1, 0.15) is 17.2 Å². The van der Waals surface area contributed by atoms with Crippen molar-refractivity contribution in [3.8, 4) is 5.75 Å². The van der Waals surface area contributed by atoms with Gasteiger partial charge >= 0.3 is 0 Å². The number of anilines is 1. The minimum absolute atomic E-state index is 0.00411. The fourth-order valence-electron chi connectivity index (χ4n) is 2.87. The standard InChI is InChI=1S/C21H19F2N3O3/c1-3-24-20(27)13-11-17(25-15-8-6-5-7-12(13)15)26-21(28)18-14(22)9-10-16(19(18)23)29-4-2/h5-11H,3-4H2,1-2H3,(H,24,27)(H,25,26,28). The summed E-state index contributed by atoms with van der Waals surface area (Å²) < 4.78 is 33.7. The summed E-state index contributed by atoms with van der Waals surface area (Å²) in [5, 5.41) is 5.65. The fourth-order valence-corrected chi connectivity index (χ4v) is 2.87. The maximum absolute atomic E-state index is 14.5. The van der Waals surface area contributed by atoms with E-state index in [4.69, 9.17) is 4.74 Å². The van der Waals surface area contributed by atoms with Gasteiger partial charge in [-0.15, -0.1) is 0 Å². The maximum Gasteiger partial charge on any atom is 0.262 e. The number of benzene rings is 2. The first kappa shape index (κ1) is 20.2. The molecule has 1 heterocycles. The average molecular weight is 399 g/mol. The highest BCUT2D eigenvalue weighted by Crippen LogP contribution is 2.25. The Morgan fingerprint density at radius 1 is 1.07 bits per heavy atom. The first-order valence-corrected chi connectivity index (χ1v) is 9.06. The lowest BCUT2D eigenvalue weighted by Gasteiger charge is -2.12. The predicted octanol–water partition coefficient (Wildman–Crippen LogP) is 3.91. The number of aromatic nitrogens is 1. The molecule has 0 saturated carbocycles. The second kappa shape index (κ2) is 8.64. The number of hydrogen-bond acceptors (Lipinski definition) is 4. The molecule has 0 aliphatic carbocycles. The smallest absolute Gasteiger partial charge is 0.262 e. The molecule has 29 heavy (non-hydrogen) atoms. The third kappa shape index (κ3) is 4.16. The van der Waals surface area contributed by atoms with E-state index in [0.717, 1.165) is 12.1 Å². The van der Waals surface area contributed by atoms with Crippen LogP contribution in [0.3, 0.4) is 0 Å². The molecule has 0 aliphatic heterocycles. The van der Waals surface area contributed by atoms with E-state index in [2.05, 4.69) is 15.6 Å². The highest BCUT2D eigenvalue weighted by atomic mass is 19.1. The molecule has 8 heteroatoms. The van der Waals surface area contributed by atoms with Crippen LogP contribution in [0.15, 0.2) is 42.5 Å². The monoisotopic (exact) mass is 399 g/mol. The van der Waals surface area contributed by atoms with E-state index in [0.29, 0.717) is 17.4 Å². The SMILES string of the molecule is CCNC(=O)c1cc(NC(=O)c2c(F)ccc(OCC)c2F)nc2ccccc12. The molecule has 0 aliphatic rings. The van der Waals surface area contributed by atoms with Gasteiger partial charge in [0.15, 0.2) is 11.6 Å². The lowest BCUT2D eigenvalue weighted by molar-refractivity contribution is 0.0955. The largest absolute Gasteiger partial charge is 0.491 e. The second-order valence-corrected chi connectivity index (χ2v) is 6.05. The first-order chi connectivity index (χ1) is 14.0. The zero-order valence-electron chi connectivity index (χ0n) is 15.9. The van der Waals surface area contributed by atoms with Crippen LogP contribution in [0.25, 0.3) is 10.9 Å². The molecule has 2 aromatic carbocycles. The van der Waals surface area contributed by atoms with E-state index >= 15 is 0 Å². The molecule has 150 valence electrons. The minimum Gasteiger partial charge on any atom is -0.491 e. The summed E-state index contributed by atoms with van der Waals surface area (Å²) in [7, 11) is 0. The number of rotatable bonds is 6. The zero-order valence-corrected chi connectivity index (χ0v) is 15.9. The summed E-state index contributed by atoms with van der Waals surface area (Å²) in [5.74, 6) is -3.75. The molecule has 1 aromatic heterocycles. The molecule has 0 unspecified atom stereocenters. The molecular weight excluding hydrogens is 380 g/mol. The Labute approximate surface area is 165 Å². The minimum atomic E-state index is -1.10. The number of halogens is 2. The summed E-state index contributed by atoms with van der Waals surface area (Å²) in [6.07, 6.45) is 0. The number of hydrogen-bond donors (Lipinski definition) is 2. The number of pyridine rings is 1. The van der Waals surface area contributed by atoms with Gasteiger partial charge in [-0.2, -0.15) is 0 Å². The average Bonchev–Trinajstić information content (AvgIpc) is 2.70. The number of nitrogens with zero attached hydrogens (tertiary/aromatic N) is 1. The normalized spacial score (nSPS) is 10.6. The van der Waals surface area contributed by atoms with Crippen molar-refractivity contribution in [2.75, 3.05) is 18.5 Å². The van der Waals surface area contributed by atoms with Crippen LogP contribution in [-0.4, -0.2) is 29.9 Å². The topological polar surface area (TPSA) is 80.3 Å². The van der Waals surface area contributed by atoms with Crippen LogP contribution in [0.4, 0.5) is 14.6 Å². The Bertz CT molecular complexity index is 1090. The van der Waals surface area contributed by atoms with Crippen LogP contribution in [-0.2, 0) is 0 Å². The number of carbonyl (C=O) groups excluding carboxylic acids is 2. The summed E-state index contributed by atoms with van der Waals surface area (Å²) in [5.41, 5.74) is -0.0437. The molecular formula is C21H19F2N3O3. The van der Waals surface area contributed by atoms with E-state index in [1.54, 1.807) is 38.1 Å². The number of amides is 2. The molecule has 2 N–H and O–H groups in total. The van der Waals surface area contributed by atoms with Gasteiger partial charge in [-0.25, -0.2) is 13.8 Å². The van der Waals surface area contributed by atoms with Gasteiger partial charge in [-0.05, 0) is 38.1 Å². The molecule has 0 saturated heterocycles. The Balaban J connectivity index is 2.01. The van der Waals surface area contributed by atoms with Crippen molar-refractivity contribution >= 4 is 28.5 Å². The van der Waals surface area contributed by atoms with Gasteiger partial charge < -0.3 is 15.4 Å². The molecule has 0 radical (unpaired) electrons. The van der Waals surface area contributed by atoms with Gasteiger partial charge in [-0.3, -0.25) is 9.59 Å². The van der Waals surface area contributed by atoms with E-state index in [1.807, 2.05) is 0 Å². The van der Waals surface area contributed by atoms with Crippen molar-refractivity contribution in [3.63, 3.8) is 0 Å². The van der Waals surface area contributed by atoms with Crippen molar-refractivity contribution in [3.05, 3.63) is 65.2 Å². The van der Waals surface area contributed by atoms with E-state index in [1.165, 1.54) is 6.07 Å². The highest BCUT2D eigenvalue weighted by molar-refractivity contribution is 6.09. The lowest BCUT2D eigenvalue weighted by atomic mass is 10.1. The van der Waals surface area contributed by atoms with Crippen LogP contribution in [0.5, 0.6) is 5.75 Å². The molecule has 2 amide bonds. The van der Waals surface area contributed by atoms with E-state index in [-0.39, 0.29) is 29.6 Å². The van der Waals surface area contributed by atoms with E-state index in [9.17, 15) is 18.4 Å². The van der Waals surface area contributed by atoms with Gasteiger partial charge in [-0.1, -0.05) is 18.2 Å². The van der Waals surface area contributed by atoms with Crippen molar-refractivity contribution in [1.82, 2.24) is 10.3 Å². The van der Waals surface area contributed by atoms with Gasteiger partial charge in [0, 0.05) is 11.9 Å². The maximum atomic E-state index is 14.5. The number of para-hydroxylation sites is 1. The zero-order chi connectivity index (χ0) is 21.0. The number of nitrogens with one attached hydrogen (secondary N) is 2. The third-order valence-corrected chi connectivity index (χ3v) is 4.12. The van der Waals surface area contributed by atoms with Crippen LogP contribution < -0.4 is 15.4 Å². The van der Waals surface area contributed by atoms with Crippen LogP contribution in [0, 0.1) is 11.6 Å². The summed E-state index contributed by atoms with van der Waals surface area (Å²) in [6.45, 7) is 3.99. The quantitative estimate of drug-likeness (QED) is 0.659. The predicted molar refractivity (Wildman–Crippen MR) is 105 cm³/mol. The summed E-state index contributed by atoms with van der Waals surface area (Å²) in [6, 6.07) is 10.3. The van der Waals surface area contributed by atoms with Gasteiger partial charge in [0.05, 0.1) is 17.7 Å². The third-order valence-electron chi connectivity index (χ3n) is 4.12. The Morgan fingerprint density at radius 3 is 2.55 bits per heavy atom. The van der Waals surface area contributed by atoms with E-state index < -0.39 is 23.1 Å². The van der Waals surface area contributed by atoms with Crippen LogP contribution >= 0.6 is 0 Å². The highest BCUT2D eigenvalue weighted by Gasteiger charge is 2.22. The van der Waals surface area contributed by atoms with Crippen LogP contribution in [0.1, 0.15) is 34.6 Å². The first-order valence-electron chi connectivity index (χ1n) is 9.06. The Hall–Kier alpha value is -3.55. The second-order valence-electron chi connectivity index (χ2n) is 6.05. The lowest BCUT2D eigenvalue weighted by Crippen LogP contribution is -2.24. The fraction of sp³-hybridized carbons (Fsp3) is 0.190. The molecule has 0 atom stereocenters. The molecule has 3 rings (SSSR count). The molecule has 6 nitrogen and oxygen atoms in total. The number of carbonyl (C=O) groups is 2. The molecule has 0 spiro atoms. The van der Waals surface area contributed by atoms with Crippen molar-refractivity contribution in [1.29, 1.82) is 0 Å². The Morgan fingerprint density at radius 2 is 1.83 bits per heavy atom. The summed E-state index contributed by atoms with van der Waals surface area (Å²) >= 11 is 0. The number of ether oxygens (including phenoxy) is 1. The molecule has 0 bridgehead atoms. The van der Waals surface area contributed by atoms with Crippen molar-refractivity contribution < 1.29 is 23.1 Å². The summed E-state index contributed by atoms with van der Waals surface area (Å²) in [4.78, 5) is 29.2.